The van der Waals surface area contributed by atoms with Gasteiger partial charge in [0.25, 0.3) is 0 Å². The van der Waals surface area contributed by atoms with Gasteiger partial charge in [0, 0.05) is 5.56 Å². The molecule has 3 heteroatoms. The summed E-state index contributed by atoms with van der Waals surface area (Å²) in [6.07, 6.45) is 0.649. The summed E-state index contributed by atoms with van der Waals surface area (Å²) in [6.45, 7) is 4.00. The van der Waals surface area contributed by atoms with E-state index in [9.17, 15) is 4.39 Å². The third-order valence-electron chi connectivity index (χ3n) is 3.73. The van der Waals surface area contributed by atoms with Gasteiger partial charge >= 0.3 is 0 Å². The van der Waals surface area contributed by atoms with Gasteiger partial charge in [-0.25, -0.2) is 4.39 Å². The van der Waals surface area contributed by atoms with Crippen LogP contribution in [0.5, 0.6) is 5.75 Å². The normalized spacial score (nSPS) is 13.8. The summed E-state index contributed by atoms with van der Waals surface area (Å²) in [6, 6.07) is 12.3. The molecule has 0 saturated heterocycles. The zero-order valence-electron chi connectivity index (χ0n) is 12.1. The van der Waals surface area contributed by atoms with E-state index in [0.717, 1.165) is 22.4 Å². The molecule has 106 valence electrons. The van der Waals surface area contributed by atoms with Crippen LogP contribution in [-0.4, -0.2) is 7.11 Å². The van der Waals surface area contributed by atoms with Crippen molar-refractivity contribution in [2.75, 3.05) is 7.11 Å². The minimum absolute atomic E-state index is 0.280. The van der Waals surface area contributed by atoms with Crippen LogP contribution in [-0.2, 0) is 5.54 Å². The highest BCUT2D eigenvalue weighted by Gasteiger charge is 2.31. The molecule has 1 atom stereocenters. The van der Waals surface area contributed by atoms with Gasteiger partial charge in [-0.05, 0) is 37.1 Å². The summed E-state index contributed by atoms with van der Waals surface area (Å²) in [5, 5.41) is 0. The fourth-order valence-corrected chi connectivity index (χ4v) is 2.49. The van der Waals surface area contributed by atoms with Gasteiger partial charge in [0.05, 0.1) is 12.6 Å². The Morgan fingerprint density at radius 1 is 1.20 bits per heavy atom. The molecule has 2 aromatic carbocycles. The van der Waals surface area contributed by atoms with E-state index in [1.165, 1.54) is 12.1 Å². The molecule has 2 aromatic rings. The van der Waals surface area contributed by atoms with Crippen LogP contribution < -0.4 is 10.5 Å². The van der Waals surface area contributed by atoms with Gasteiger partial charge in [0.1, 0.15) is 11.6 Å². The standard InChI is InChI=1S/C17H20FNO/c1-4-17(19,13-6-5-7-14(18)11-13)15-10-12(2)8-9-16(15)20-3/h5-11H,4,19H2,1-3H3. The van der Waals surface area contributed by atoms with Crippen LogP contribution in [0.15, 0.2) is 42.5 Å². The van der Waals surface area contributed by atoms with E-state index in [1.807, 2.05) is 38.1 Å². The number of hydrogen-bond donors (Lipinski definition) is 1. The monoisotopic (exact) mass is 273 g/mol. The smallest absolute Gasteiger partial charge is 0.124 e. The first-order valence-corrected chi connectivity index (χ1v) is 6.71. The molecule has 2 N–H and O–H groups in total. The Bertz CT molecular complexity index is 612. The van der Waals surface area contributed by atoms with Crippen LogP contribution in [0.4, 0.5) is 4.39 Å². The fourth-order valence-electron chi connectivity index (χ4n) is 2.49. The van der Waals surface area contributed by atoms with Crippen molar-refractivity contribution in [3.63, 3.8) is 0 Å². The molecule has 0 aliphatic carbocycles. The Morgan fingerprint density at radius 2 is 1.95 bits per heavy atom. The second-order valence-electron chi connectivity index (χ2n) is 5.04. The highest BCUT2D eigenvalue weighted by molar-refractivity contribution is 5.47. The number of halogens is 1. The summed E-state index contributed by atoms with van der Waals surface area (Å²) in [5.74, 6) is 0.446. The van der Waals surface area contributed by atoms with E-state index in [-0.39, 0.29) is 5.82 Å². The SMILES string of the molecule is CCC(N)(c1cccc(F)c1)c1cc(C)ccc1OC. The number of hydrogen-bond acceptors (Lipinski definition) is 2. The van der Waals surface area contributed by atoms with Crippen LogP contribution in [0.3, 0.4) is 0 Å². The first-order chi connectivity index (χ1) is 9.51. The minimum Gasteiger partial charge on any atom is -0.496 e. The lowest BCUT2D eigenvalue weighted by Crippen LogP contribution is -2.37. The van der Waals surface area contributed by atoms with Crippen molar-refractivity contribution in [2.45, 2.75) is 25.8 Å². The van der Waals surface area contributed by atoms with E-state index >= 15 is 0 Å². The molecule has 2 rings (SSSR count). The summed E-state index contributed by atoms with van der Waals surface area (Å²) < 4.78 is 19.0. The number of methoxy groups -OCH3 is 1. The number of ether oxygens (including phenoxy) is 1. The maximum absolute atomic E-state index is 13.5. The minimum atomic E-state index is -0.764. The largest absolute Gasteiger partial charge is 0.496 e. The quantitative estimate of drug-likeness (QED) is 0.920. The fraction of sp³-hybridized carbons (Fsp3) is 0.294. The summed E-state index contributed by atoms with van der Waals surface area (Å²) in [4.78, 5) is 0. The average molecular weight is 273 g/mol. The molecular formula is C17H20FNO. The van der Waals surface area contributed by atoms with Crippen LogP contribution in [0, 0.1) is 12.7 Å². The molecule has 0 radical (unpaired) electrons. The van der Waals surface area contributed by atoms with Crippen LogP contribution in [0.2, 0.25) is 0 Å². The Kier molecular flexibility index (Phi) is 4.09. The predicted molar refractivity (Wildman–Crippen MR) is 79.4 cm³/mol. The molecule has 0 bridgehead atoms. The van der Waals surface area contributed by atoms with Crippen molar-refractivity contribution in [3.05, 3.63) is 65.0 Å². The molecule has 0 aliphatic rings. The average Bonchev–Trinajstić information content (AvgIpc) is 2.46. The van der Waals surface area contributed by atoms with Crippen molar-refractivity contribution in [1.82, 2.24) is 0 Å². The molecule has 20 heavy (non-hydrogen) atoms. The second kappa shape index (κ2) is 5.63. The van der Waals surface area contributed by atoms with Crippen molar-refractivity contribution in [1.29, 1.82) is 0 Å². The van der Waals surface area contributed by atoms with Gasteiger partial charge in [-0.1, -0.05) is 36.8 Å². The molecule has 1 unspecified atom stereocenters. The topological polar surface area (TPSA) is 35.2 Å². The molecule has 0 fully saturated rings. The van der Waals surface area contributed by atoms with Gasteiger partial charge in [-0.2, -0.15) is 0 Å². The first-order valence-electron chi connectivity index (χ1n) is 6.71. The lowest BCUT2D eigenvalue weighted by molar-refractivity contribution is 0.391. The van der Waals surface area contributed by atoms with Gasteiger partial charge in [0.2, 0.25) is 0 Å². The number of benzene rings is 2. The van der Waals surface area contributed by atoms with Crippen LogP contribution >= 0.6 is 0 Å². The molecule has 0 aliphatic heterocycles. The molecule has 0 saturated carbocycles. The summed E-state index contributed by atoms with van der Waals surface area (Å²) in [7, 11) is 1.62. The van der Waals surface area contributed by atoms with E-state index in [4.69, 9.17) is 10.5 Å². The second-order valence-corrected chi connectivity index (χ2v) is 5.04. The van der Waals surface area contributed by atoms with Gasteiger partial charge in [-0.15, -0.1) is 0 Å². The highest BCUT2D eigenvalue weighted by Crippen LogP contribution is 2.36. The molecule has 0 heterocycles. The molecule has 0 spiro atoms. The van der Waals surface area contributed by atoms with E-state index in [1.54, 1.807) is 13.2 Å². The van der Waals surface area contributed by atoms with E-state index in [0.29, 0.717) is 6.42 Å². The van der Waals surface area contributed by atoms with E-state index in [2.05, 4.69) is 0 Å². The van der Waals surface area contributed by atoms with Crippen molar-refractivity contribution in [2.24, 2.45) is 5.73 Å². The Balaban J connectivity index is 2.64. The predicted octanol–water partition coefficient (Wildman–Crippen LogP) is 3.76. The summed E-state index contributed by atoms with van der Waals surface area (Å²) in [5.41, 5.74) is 8.58. The maximum atomic E-state index is 13.5. The van der Waals surface area contributed by atoms with Crippen LogP contribution in [0.25, 0.3) is 0 Å². The van der Waals surface area contributed by atoms with Crippen molar-refractivity contribution < 1.29 is 9.13 Å². The molecule has 2 nitrogen and oxygen atoms in total. The Labute approximate surface area is 119 Å². The van der Waals surface area contributed by atoms with Gasteiger partial charge in [0.15, 0.2) is 0 Å². The molecule has 0 amide bonds. The number of nitrogens with two attached hydrogens (primary N) is 1. The van der Waals surface area contributed by atoms with Crippen molar-refractivity contribution in [3.8, 4) is 5.75 Å². The van der Waals surface area contributed by atoms with Crippen LogP contribution in [0.1, 0.15) is 30.0 Å². The number of rotatable bonds is 4. The maximum Gasteiger partial charge on any atom is 0.124 e. The summed E-state index contributed by atoms with van der Waals surface area (Å²) >= 11 is 0. The zero-order valence-corrected chi connectivity index (χ0v) is 12.1. The Hall–Kier alpha value is -1.87. The third-order valence-corrected chi connectivity index (χ3v) is 3.73. The van der Waals surface area contributed by atoms with Crippen molar-refractivity contribution >= 4 is 0 Å². The van der Waals surface area contributed by atoms with Gasteiger partial charge in [-0.3, -0.25) is 0 Å². The first kappa shape index (κ1) is 14.5. The Morgan fingerprint density at radius 3 is 2.55 bits per heavy atom. The van der Waals surface area contributed by atoms with E-state index < -0.39 is 5.54 Å². The number of aryl methyl sites for hydroxylation is 1. The highest BCUT2D eigenvalue weighted by atomic mass is 19.1. The lowest BCUT2D eigenvalue weighted by atomic mass is 9.80. The molecule has 0 aromatic heterocycles. The third kappa shape index (κ3) is 2.54. The van der Waals surface area contributed by atoms with Gasteiger partial charge < -0.3 is 10.5 Å². The molecular weight excluding hydrogens is 253 g/mol. The zero-order chi connectivity index (χ0) is 14.8. The lowest BCUT2D eigenvalue weighted by Gasteiger charge is -2.31.